The lowest BCUT2D eigenvalue weighted by Crippen LogP contribution is -2.22. The minimum absolute atomic E-state index is 0.0523. The van der Waals surface area contributed by atoms with E-state index in [1.807, 2.05) is 0 Å². The van der Waals surface area contributed by atoms with E-state index >= 15 is 0 Å². The molecule has 4 N–H and O–H groups in total. The van der Waals surface area contributed by atoms with E-state index in [1.54, 1.807) is 31.2 Å². The Morgan fingerprint density at radius 3 is 2.05 bits per heavy atom. The van der Waals surface area contributed by atoms with Crippen LogP contribution in [0.4, 0.5) is 26.3 Å². The molecular weight excluding hydrogens is 819 g/mol. The van der Waals surface area contributed by atoms with Crippen molar-refractivity contribution in [1.29, 1.82) is 0 Å². The zero-order valence-electron chi connectivity index (χ0n) is 28.8. The summed E-state index contributed by atoms with van der Waals surface area (Å²) in [5.74, 6) is -1.63. The van der Waals surface area contributed by atoms with Crippen LogP contribution in [0.1, 0.15) is 35.7 Å². The Hall–Kier alpha value is -3.22. The van der Waals surface area contributed by atoms with E-state index in [9.17, 15) is 51.6 Å². The Kier molecular flexibility index (Phi) is 16.0. The van der Waals surface area contributed by atoms with E-state index in [1.165, 1.54) is 18.2 Å². The van der Waals surface area contributed by atoms with Gasteiger partial charge in [0, 0.05) is 28.3 Å². The molecule has 0 fully saturated rings. The van der Waals surface area contributed by atoms with E-state index in [0.717, 1.165) is 41.9 Å². The van der Waals surface area contributed by atoms with Crippen LogP contribution in [0.3, 0.4) is 0 Å². The third-order valence-electron chi connectivity index (χ3n) is 7.86. The monoisotopic (exact) mass is 853 g/mol. The number of ether oxygens (including phenoxy) is 2. The molecule has 0 aliphatic rings. The molecule has 4 rings (SSSR count). The minimum Gasteiger partial charge on any atom is -0.488 e. The van der Waals surface area contributed by atoms with Crippen LogP contribution in [0.2, 0.25) is 10.0 Å². The average Bonchev–Trinajstić information content (AvgIpc) is 3.14. The molecule has 0 aliphatic carbocycles. The number of aromatic nitrogens is 1. The zero-order valence-corrected chi connectivity index (χ0v) is 32.0. The van der Waals surface area contributed by atoms with Crippen molar-refractivity contribution in [2.24, 2.45) is 0 Å². The van der Waals surface area contributed by atoms with Gasteiger partial charge in [-0.25, -0.2) is 0 Å². The van der Waals surface area contributed by atoms with Gasteiger partial charge >= 0.3 is 18.3 Å². The molecule has 55 heavy (non-hydrogen) atoms. The molecule has 1 heterocycles. The summed E-state index contributed by atoms with van der Waals surface area (Å²) in [6.07, 6.45) is -11.5. The smallest absolute Gasteiger partial charge is 0.433 e. The number of thioether (sulfide) groups is 2. The third-order valence-corrected chi connectivity index (χ3v) is 11.5. The second-order valence-electron chi connectivity index (χ2n) is 11.9. The fourth-order valence-corrected chi connectivity index (χ4v) is 7.89. The highest BCUT2D eigenvalue weighted by Gasteiger charge is 2.36. The van der Waals surface area contributed by atoms with Gasteiger partial charge in [0.2, 0.25) is 0 Å². The topological polar surface area (TPSA) is 129 Å². The highest BCUT2D eigenvalue weighted by Crippen LogP contribution is 2.49. The number of hydrogen-bond donors (Lipinski definition) is 4. The maximum absolute atomic E-state index is 14.2. The van der Waals surface area contributed by atoms with Gasteiger partial charge in [0.25, 0.3) is 0 Å². The molecule has 0 radical (unpaired) electrons. The van der Waals surface area contributed by atoms with E-state index < -0.39 is 76.8 Å². The summed E-state index contributed by atoms with van der Waals surface area (Å²) in [5, 5.41) is 38.3. The number of aryl methyl sites for hydroxylation is 1. The number of alkyl halides is 6. The lowest BCUT2D eigenvalue weighted by atomic mass is 9.92. The minimum atomic E-state index is -4.94. The summed E-state index contributed by atoms with van der Waals surface area (Å²) in [4.78, 5) is 17.4. The average molecular weight is 855 g/mol. The molecule has 0 aliphatic heterocycles. The number of aliphatic hydroxyl groups excluding tert-OH is 4. The van der Waals surface area contributed by atoms with Crippen molar-refractivity contribution in [1.82, 2.24) is 4.98 Å². The van der Waals surface area contributed by atoms with Gasteiger partial charge in [-0.2, -0.15) is 26.3 Å². The van der Waals surface area contributed by atoms with Crippen molar-refractivity contribution in [2.75, 3.05) is 24.7 Å². The van der Waals surface area contributed by atoms with Crippen LogP contribution in [0.5, 0.6) is 11.5 Å². The molecule has 0 spiro atoms. The quantitative estimate of drug-likeness (QED) is 0.0355. The van der Waals surface area contributed by atoms with Crippen molar-refractivity contribution in [3.8, 4) is 33.8 Å². The lowest BCUT2D eigenvalue weighted by molar-refractivity contribution is -0.141. The second kappa shape index (κ2) is 19.8. The molecule has 3 aromatic carbocycles. The SMILES string of the molecule is CCc1cnc(C(F)(F)F)cc1-c1ccc(OCc2ccc(Cl)cc2)c(-c2ccc(Cl)c(C(F)(F)F)c2)c1OC(=O)CC(SCC(O)CO)SCC(O)CO. The molecular formula is C37H35Cl2F6NO7S2. The second-order valence-corrected chi connectivity index (χ2v) is 15.6. The largest absolute Gasteiger partial charge is 0.488 e. The van der Waals surface area contributed by atoms with Gasteiger partial charge in [-0.05, 0) is 71.1 Å². The van der Waals surface area contributed by atoms with Crippen molar-refractivity contribution < 1.29 is 61.0 Å². The molecule has 8 nitrogen and oxygen atoms in total. The number of carbonyl (C=O) groups excluding carboxylic acids is 1. The van der Waals surface area contributed by atoms with Gasteiger partial charge in [0.1, 0.15) is 23.8 Å². The Balaban J connectivity index is 1.96. The number of nitrogens with zero attached hydrogens (tertiary/aromatic N) is 1. The zero-order chi connectivity index (χ0) is 40.5. The van der Waals surface area contributed by atoms with E-state index in [-0.39, 0.29) is 58.1 Å². The molecule has 18 heteroatoms. The highest BCUT2D eigenvalue weighted by molar-refractivity contribution is 8.17. The van der Waals surface area contributed by atoms with Gasteiger partial charge in [0.15, 0.2) is 0 Å². The molecule has 0 amide bonds. The number of pyridine rings is 1. The maximum atomic E-state index is 14.2. The summed E-state index contributed by atoms with van der Waals surface area (Å²) >= 11 is 14.0. The summed E-state index contributed by atoms with van der Waals surface area (Å²) in [7, 11) is 0. The predicted octanol–water partition coefficient (Wildman–Crippen LogP) is 8.70. The fourth-order valence-electron chi connectivity index (χ4n) is 5.09. The molecule has 0 saturated carbocycles. The normalized spacial score (nSPS) is 13.7. The van der Waals surface area contributed by atoms with E-state index in [2.05, 4.69) is 4.98 Å². The summed E-state index contributed by atoms with van der Waals surface area (Å²) in [6.45, 7) is 0.325. The van der Waals surface area contributed by atoms with Crippen molar-refractivity contribution in [3.05, 3.63) is 99.3 Å². The number of rotatable bonds is 17. The standard InChI is InChI=1S/C37H35Cl2F6NO7S2/c1-2-21-14-46-31(37(43,44)45)12-27(21)26-8-10-30(52-17-20-3-6-23(38)7-4-20)34(22-5-9-29(39)28(11-22)36(40,41)42)35(26)53-32(51)13-33(54-18-24(49)15-47)55-19-25(50)16-48/h3-12,14,24-25,33,47-50H,2,13,15-19H2,1H3. The predicted molar refractivity (Wildman–Crippen MR) is 200 cm³/mol. The number of aliphatic hydroxyl groups is 4. The van der Waals surface area contributed by atoms with Crippen molar-refractivity contribution in [3.63, 3.8) is 0 Å². The third kappa shape index (κ3) is 12.4. The Labute approximate surface area is 330 Å². The number of esters is 1. The first-order chi connectivity index (χ1) is 25.9. The molecule has 2 atom stereocenters. The van der Waals surface area contributed by atoms with Crippen LogP contribution in [-0.2, 0) is 30.2 Å². The van der Waals surface area contributed by atoms with E-state index in [4.69, 9.17) is 32.7 Å². The number of carbonyl (C=O) groups is 1. The van der Waals surface area contributed by atoms with Crippen LogP contribution in [0.15, 0.2) is 66.9 Å². The number of benzene rings is 3. The van der Waals surface area contributed by atoms with E-state index in [0.29, 0.717) is 16.7 Å². The first-order valence-electron chi connectivity index (χ1n) is 16.4. The van der Waals surface area contributed by atoms with Crippen LogP contribution in [0, 0.1) is 0 Å². The highest BCUT2D eigenvalue weighted by atomic mass is 35.5. The van der Waals surface area contributed by atoms with Gasteiger partial charge in [-0.3, -0.25) is 9.78 Å². The first kappa shape index (κ1) is 44.5. The number of halogens is 8. The molecule has 2 unspecified atom stereocenters. The van der Waals surface area contributed by atoms with Crippen LogP contribution in [-0.4, -0.2) is 72.9 Å². The summed E-state index contributed by atoms with van der Waals surface area (Å²) in [5.41, 5.74) is -2.21. The first-order valence-corrected chi connectivity index (χ1v) is 19.3. The van der Waals surface area contributed by atoms with Gasteiger partial charge < -0.3 is 29.9 Å². The fraction of sp³-hybridized carbons (Fsp3) is 0.351. The summed E-state index contributed by atoms with van der Waals surface area (Å²) < 4.78 is 96.0. The molecule has 298 valence electrons. The maximum Gasteiger partial charge on any atom is 0.433 e. The van der Waals surface area contributed by atoms with Crippen molar-refractivity contribution >= 4 is 52.7 Å². The van der Waals surface area contributed by atoms with Gasteiger partial charge in [-0.15, -0.1) is 23.5 Å². The van der Waals surface area contributed by atoms with Crippen molar-refractivity contribution in [2.45, 2.75) is 55.5 Å². The molecule has 1 aromatic heterocycles. The molecule has 0 saturated heterocycles. The molecule has 4 aromatic rings. The lowest BCUT2D eigenvalue weighted by Gasteiger charge is -2.23. The van der Waals surface area contributed by atoms with Crippen LogP contribution >= 0.6 is 46.7 Å². The van der Waals surface area contributed by atoms with Gasteiger partial charge in [0.05, 0.1) is 52.6 Å². The Morgan fingerprint density at radius 1 is 0.855 bits per heavy atom. The Morgan fingerprint density at radius 2 is 1.49 bits per heavy atom. The van der Waals surface area contributed by atoms with Crippen LogP contribution < -0.4 is 9.47 Å². The van der Waals surface area contributed by atoms with Gasteiger partial charge in [-0.1, -0.05) is 48.3 Å². The molecule has 0 bridgehead atoms. The summed E-state index contributed by atoms with van der Waals surface area (Å²) in [6, 6.07) is 12.8. The van der Waals surface area contributed by atoms with Crippen LogP contribution in [0.25, 0.3) is 22.3 Å². The Bertz CT molecular complexity index is 1910. The number of hydrogen-bond acceptors (Lipinski definition) is 10.